The average Bonchev–Trinajstić information content (AvgIpc) is 2.05. The normalized spacial score (nSPS) is 19.7. The standard InChI is InChI=1S/C5H8NO4P/c7-5(11(8)9)6-1-3-10-4-2-6/h1-4H2. The summed E-state index contributed by atoms with van der Waals surface area (Å²) in [7, 11) is -2.95. The Bertz CT molecular complexity index is 177. The van der Waals surface area contributed by atoms with Gasteiger partial charge in [-0.1, -0.05) is 4.57 Å². The molecule has 5 nitrogen and oxygen atoms in total. The molecule has 0 bridgehead atoms. The summed E-state index contributed by atoms with van der Waals surface area (Å²) in [6, 6.07) is 0. The van der Waals surface area contributed by atoms with Crippen molar-refractivity contribution < 1.29 is 19.0 Å². The highest BCUT2D eigenvalue weighted by atomic mass is 31.1. The van der Waals surface area contributed by atoms with Crippen molar-refractivity contribution in [3.8, 4) is 0 Å². The Morgan fingerprint density at radius 2 is 2.00 bits per heavy atom. The first-order valence-electron chi connectivity index (χ1n) is 3.23. The fourth-order valence-corrected chi connectivity index (χ4v) is 1.30. The molecule has 0 radical (unpaired) electrons. The van der Waals surface area contributed by atoms with Gasteiger partial charge in [-0.05, 0) is 0 Å². The van der Waals surface area contributed by atoms with Gasteiger partial charge in [0, 0.05) is 13.1 Å². The Balaban J connectivity index is 2.45. The van der Waals surface area contributed by atoms with Crippen molar-refractivity contribution in [1.82, 2.24) is 4.90 Å². The molecule has 62 valence electrons. The van der Waals surface area contributed by atoms with Crippen LogP contribution in [0.3, 0.4) is 0 Å². The van der Waals surface area contributed by atoms with Crippen LogP contribution in [0.25, 0.3) is 0 Å². The molecule has 6 heteroatoms. The molecule has 1 aliphatic rings. The molecule has 0 aliphatic carbocycles. The van der Waals surface area contributed by atoms with Crippen molar-refractivity contribution in [2.24, 2.45) is 0 Å². The summed E-state index contributed by atoms with van der Waals surface area (Å²) in [6.45, 7) is 1.61. The fraction of sp³-hybridized carbons (Fsp3) is 0.800. The second-order valence-electron chi connectivity index (χ2n) is 2.14. The number of hydrogen-bond donors (Lipinski definition) is 0. The number of carbonyl (C=O) groups excluding carboxylic acids is 1. The number of rotatable bonds is 1. The second kappa shape index (κ2) is 3.76. The van der Waals surface area contributed by atoms with Gasteiger partial charge >= 0.3 is 13.7 Å². The third-order valence-corrected chi connectivity index (χ3v) is 2.03. The largest absolute Gasteiger partial charge is 0.587 e. The van der Waals surface area contributed by atoms with Crippen LogP contribution in [0, 0.1) is 0 Å². The van der Waals surface area contributed by atoms with Gasteiger partial charge in [0.15, 0.2) is 0 Å². The first-order valence-corrected chi connectivity index (χ1v) is 4.40. The van der Waals surface area contributed by atoms with Crippen molar-refractivity contribution in [3.63, 3.8) is 0 Å². The number of amides is 1. The summed E-state index contributed by atoms with van der Waals surface area (Å²) in [5.41, 5.74) is -0.802. The molecule has 0 aromatic carbocycles. The summed E-state index contributed by atoms with van der Waals surface area (Å²) in [6.07, 6.45) is 0. The molecule has 11 heavy (non-hydrogen) atoms. The minimum Gasteiger partial charge on any atom is -0.587 e. The molecule has 1 heterocycles. The van der Waals surface area contributed by atoms with Gasteiger partial charge in [0.05, 0.1) is 13.2 Å². The van der Waals surface area contributed by atoms with Crippen molar-refractivity contribution in [2.45, 2.75) is 0 Å². The van der Waals surface area contributed by atoms with Crippen LogP contribution >= 0.6 is 8.03 Å². The van der Waals surface area contributed by atoms with E-state index in [-0.39, 0.29) is 0 Å². The summed E-state index contributed by atoms with van der Waals surface area (Å²) >= 11 is 0. The summed E-state index contributed by atoms with van der Waals surface area (Å²) in [5.74, 6) is 0. The smallest absolute Gasteiger partial charge is 0.460 e. The average molecular weight is 177 g/mol. The molecule has 1 saturated heterocycles. The number of nitrogens with zero attached hydrogens (tertiary/aromatic N) is 1. The highest BCUT2D eigenvalue weighted by Crippen LogP contribution is 2.15. The van der Waals surface area contributed by atoms with E-state index < -0.39 is 13.7 Å². The van der Waals surface area contributed by atoms with Crippen LogP contribution in [-0.4, -0.2) is 36.9 Å². The van der Waals surface area contributed by atoms with Crippen LogP contribution in [0.2, 0.25) is 0 Å². The molecule has 1 aliphatic heterocycles. The van der Waals surface area contributed by atoms with E-state index in [1.807, 2.05) is 0 Å². The number of carbonyl (C=O) groups is 1. The number of ether oxygens (including phenoxy) is 1. The molecular formula is C5H8NO4P. The van der Waals surface area contributed by atoms with E-state index in [0.717, 1.165) is 0 Å². The number of morpholine rings is 1. The predicted octanol–water partition coefficient (Wildman–Crippen LogP) is -0.459. The Kier molecular flexibility index (Phi) is 2.93. The molecule has 1 unspecified atom stereocenters. The number of hydrogen-bond acceptors (Lipinski definition) is 4. The minimum atomic E-state index is -2.95. The zero-order chi connectivity index (χ0) is 8.27. The van der Waals surface area contributed by atoms with Gasteiger partial charge in [0.25, 0.3) is 0 Å². The molecule has 0 saturated carbocycles. The highest BCUT2D eigenvalue weighted by Gasteiger charge is 2.26. The topological polar surface area (TPSA) is 69.7 Å². The van der Waals surface area contributed by atoms with E-state index in [2.05, 4.69) is 0 Å². The first-order chi connectivity index (χ1) is 5.22. The predicted molar refractivity (Wildman–Crippen MR) is 35.4 cm³/mol. The minimum absolute atomic E-state index is 0.377. The van der Waals surface area contributed by atoms with Crippen LogP contribution in [-0.2, 0) is 9.30 Å². The zero-order valence-electron chi connectivity index (χ0n) is 5.86. The van der Waals surface area contributed by atoms with Crippen molar-refractivity contribution in [3.05, 3.63) is 0 Å². The molecule has 1 rings (SSSR count). The first kappa shape index (κ1) is 8.59. The van der Waals surface area contributed by atoms with Gasteiger partial charge in [-0.25, -0.2) is 4.79 Å². The lowest BCUT2D eigenvalue weighted by Crippen LogP contribution is -2.39. The Hall–Kier alpha value is -0.510. The van der Waals surface area contributed by atoms with Crippen molar-refractivity contribution in [2.75, 3.05) is 26.3 Å². The third kappa shape index (κ3) is 2.22. The summed E-state index contributed by atoms with van der Waals surface area (Å²) in [5, 5.41) is 0. The van der Waals surface area contributed by atoms with Gasteiger partial charge in [-0.3, -0.25) is 4.90 Å². The van der Waals surface area contributed by atoms with Crippen LogP contribution < -0.4 is 4.89 Å². The highest BCUT2D eigenvalue weighted by molar-refractivity contribution is 7.56. The maximum Gasteiger partial charge on any atom is 0.460 e. The molecule has 1 atom stereocenters. The van der Waals surface area contributed by atoms with Crippen LogP contribution in [0.1, 0.15) is 0 Å². The maximum atomic E-state index is 10.8. The summed E-state index contributed by atoms with van der Waals surface area (Å²) < 4.78 is 15.1. The van der Waals surface area contributed by atoms with Crippen molar-refractivity contribution in [1.29, 1.82) is 0 Å². The lowest BCUT2D eigenvalue weighted by Gasteiger charge is -2.22. The van der Waals surface area contributed by atoms with E-state index in [9.17, 15) is 14.3 Å². The Morgan fingerprint density at radius 1 is 1.45 bits per heavy atom. The molecular weight excluding hydrogens is 169 g/mol. The van der Waals surface area contributed by atoms with Crippen LogP contribution in [0.5, 0.6) is 0 Å². The van der Waals surface area contributed by atoms with Gasteiger partial charge in [0.2, 0.25) is 0 Å². The molecule has 0 aromatic heterocycles. The fourth-order valence-electron chi connectivity index (χ4n) is 0.870. The monoisotopic (exact) mass is 177 g/mol. The zero-order valence-corrected chi connectivity index (χ0v) is 6.75. The van der Waals surface area contributed by atoms with E-state index in [1.165, 1.54) is 4.90 Å². The Morgan fingerprint density at radius 3 is 2.45 bits per heavy atom. The van der Waals surface area contributed by atoms with Crippen LogP contribution in [0.15, 0.2) is 0 Å². The third-order valence-electron chi connectivity index (χ3n) is 1.44. The van der Waals surface area contributed by atoms with E-state index >= 15 is 0 Å². The van der Waals surface area contributed by atoms with Gasteiger partial charge < -0.3 is 9.63 Å². The van der Waals surface area contributed by atoms with E-state index in [0.29, 0.717) is 26.3 Å². The summed E-state index contributed by atoms with van der Waals surface area (Å²) in [4.78, 5) is 22.2. The maximum absolute atomic E-state index is 10.8. The lowest BCUT2D eigenvalue weighted by molar-refractivity contribution is -0.161. The van der Waals surface area contributed by atoms with E-state index in [4.69, 9.17) is 4.74 Å². The molecule has 0 spiro atoms. The molecule has 1 fully saturated rings. The van der Waals surface area contributed by atoms with Gasteiger partial charge in [-0.15, -0.1) is 0 Å². The van der Waals surface area contributed by atoms with Gasteiger partial charge in [-0.2, -0.15) is 0 Å². The van der Waals surface area contributed by atoms with Crippen molar-refractivity contribution >= 4 is 13.7 Å². The Labute approximate surface area is 64.8 Å². The van der Waals surface area contributed by atoms with E-state index in [1.54, 1.807) is 0 Å². The lowest BCUT2D eigenvalue weighted by atomic mass is 10.5. The quantitative estimate of drug-likeness (QED) is 0.508. The second-order valence-corrected chi connectivity index (χ2v) is 3.04. The SMILES string of the molecule is O=C(N1CCOCC1)[P+](=O)[O-]. The van der Waals surface area contributed by atoms with Gasteiger partial charge in [0.1, 0.15) is 0 Å². The molecule has 0 N–H and O–H groups in total. The molecule has 0 aromatic rings. The molecule has 1 amide bonds. The van der Waals surface area contributed by atoms with Crippen LogP contribution in [0.4, 0.5) is 4.79 Å².